The van der Waals surface area contributed by atoms with Crippen molar-refractivity contribution >= 4 is 38.4 Å². The average molecular weight is 355 g/mol. The topological polar surface area (TPSA) is 72.0 Å². The summed E-state index contributed by atoms with van der Waals surface area (Å²) in [6.07, 6.45) is 4.57. The van der Waals surface area contributed by atoms with Crippen molar-refractivity contribution in [2.75, 3.05) is 18.1 Å². The van der Waals surface area contributed by atoms with Crippen LogP contribution in [0, 0.1) is 3.57 Å². The van der Waals surface area contributed by atoms with Crippen LogP contribution in [0.25, 0.3) is 0 Å². The molecular formula is C9H14IN3O2S. The lowest BCUT2D eigenvalue weighted by molar-refractivity contribution is 0.559. The van der Waals surface area contributed by atoms with Crippen LogP contribution in [0.2, 0.25) is 0 Å². The van der Waals surface area contributed by atoms with Gasteiger partial charge in [-0.1, -0.05) is 0 Å². The van der Waals surface area contributed by atoms with Gasteiger partial charge in [0.1, 0.15) is 0 Å². The van der Waals surface area contributed by atoms with Crippen molar-refractivity contribution < 1.29 is 8.42 Å². The first-order valence-corrected chi connectivity index (χ1v) is 7.60. The first-order valence-electron chi connectivity index (χ1n) is 4.63. The Labute approximate surface area is 109 Å². The number of aromatic nitrogens is 2. The molecule has 1 N–H and O–H groups in total. The second kappa shape index (κ2) is 4.82. The predicted octanol–water partition coefficient (Wildman–Crippen LogP) is 1.32. The molecule has 0 aliphatic heterocycles. The summed E-state index contributed by atoms with van der Waals surface area (Å²) in [6, 6.07) is 0. The van der Waals surface area contributed by atoms with Gasteiger partial charge in [0.05, 0.1) is 4.75 Å². The third-order valence-corrected chi connectivity index (χ3v) is 5.01. The predicted molar refractivity (Wildman–Crippen MR) is 72.2 cm³/mol. The smallest absolute Gasteiger partial charge is 0.222 e. The van der Waals surface area contributed by atoms with Crippen LogP contribution in [0.1, 0.15) is 13.8 Å². The molecule has 7 heteroatoms. The third-order valence-electron chi connectivity index (χ3n) is 2.30. The van der Waals surface area contributed by atoms with Crippen LogP contribution in [0.3, 0.4) is 0 Å². The van der Waals surface area contributed by atoms with Crippen molar-refractivity contribution in [1.82, 2.24) is 9.97 Å². The highest BCUT2D eigenvalue weighted by atomic mass is 127. The van der Waals surface area contributed by atoms with Crippen LogP contribution in [-0.4, -0.2) is 35.9 Å². The molecule has 0 aromatic carbocycles. The van der Waals surface area contributed by atoms with Crippen LogP contribution in [0.5, 0.6) is 0 Å². The van der Waals surface area contributed by atoms with Crippen LogP contribution < -0.4 is 5.32 Å². The molecule has 0 bridgehead atoms. The van der Waals surface area contributed by atoms with Gasteiger partial charge in [0.15, 0.2) is 9.84 Å². The van der Waals surface area contributed by atoms with E-state index in [0.717, 1.165) is 3.57 Å². The van der Waals surface area contributed by atoms with Crippen molar-refractivity contribution in [2.24, 2.45) is 0 Å². The molecule has 1 rings (SSSR count). The maximum atomic E-state index is 11.4. The number of sulfone groups is 1. The first kappa shape index (κ1) is 13.6. The van der Waals surface area contributed by atoms with Crippen molar-refractivity contribution in [3.63, 3.8) is 0 Å². The number of hydrogen-bond donors (Lipinski definition) is 1. The molecule has 0 atom stereocenters. The maximum Gasteiger partial charge on any atom is 0.222 e. The summed E-state index contributed by atoms with van der Waals surface area (Å²) in [6.45, 7) is 3.62. The second-order valence-corrected chi connectivity index (χ2v) is 8.01. The SMILES string of the molecule is CC(C)(CNc1ncc(I)cn1)S(C)(=O)=O. The Balaban J connectivity index is 2.68. The van der Waals surface area contributed by atoms with E-state index in [-0.39, 0.29) is 6.54 Å². The monoisotopic (exact) mass is 355 g/mol. The number of hydrogen-bond acceptors (Lipinski definition) is 5. The van der Waals surface area contributed by atoms with Gasteiger partial charge in [-0.2, -0.15) is 0 Å². The molecule has 1 aromatic rings. The van der Waals surface area contributed by atoms with E-state index in [1.165, 1.54) is 6.26 Å². The lowest BCUT2D eigenvalue weighted by Gasteiger charge is -2.22. The van der Waals surface area contributed by atoms with E-state index < -0.39 is 14.6 Å². The van der Waals surface area contributed by atoms with E-state index in [2.05, 4.69) is 37.9 Å². The van der Waals surface area contributed by atoms with E-state index >= 15 is 0 Å². The zero-order valence-electron chi connectivity index (χ0n) is 9.36. The summed E-state index contributed by atoms with van der Waals surface area (Å²) < 4.78 is 23.0. The van der Waals surface area contributed by atoms with Crippen molar-refractivity contribution in [1.29, 1.82) is 0 Å². The molecule has 0 fully saturated rings. The molecule has 0 saturated heterocycles. The molecule has 90 valence electrons. The second-order valence-electron chi connectivity index (χ2n) is 4.11. The molecule has 1 heterocycles. The fraction of sp³-hybridized carbons (Fsp3) is 0.556. The van der Waals surface area contributed by atoms with Gasteiger partial charge >= 0.3 is 0 Å². The molecular weight excluding hydrogens is 341 g/mol. The molecule has 0 spiro atoms. The Morgan fingerprint density at radius 1 is 1.38 bits per heavy atom. The van der Waals surface area contributed by atoms with Crippen LogP contribution in [0.15, 0.2) is 12.4 Å². The van der Waals surface area contributed by atoms with E-state index in [1.54, 1.807) is 26.2 Å². The Morgan fingerprint density at radius 3 is 2.31 bits per heavy atom. The van der Waals surface area contributed by atoms with E-state index in [0.29, 0.717) is 5.95 Å². The zero-order valence-corrected chi connectivity index (χ0v) is 12.3. The van der Waals surface area contributed by atoms with Gasteiger partial charge < -0.3 is 5.32 Å². The highest BCUT2D eigenvalue weighted by Gasteiger charge is 2.29. The Kier molecular flexibility index (Phi) is 4.11. The van der Waals surface area contributed by atoms with Crippen LogP contribution in [-0.2, 0) is 9.84 Å². The Bertz CT molecular complexity index is 456. The lowest BCUT2D eigenvalue weighted by atomic mass is 10.2. The van der Waals surface area contributed by atoms with Crippen molar-refractivity contribution in [3.8, 4) is 0 Å². The molecule has 0 aliphatic rings. The number of nitrogens with zero attached hydrogens (tertiary/aromatic N) is 2. The number of anilines is 1. The molecule has 16 heavy (non-hydrogen) atoms. The highest BCUT2D eigenvalue weighted by molar-refractivity contribution is 14.1. The Morgan fingerprint density at radius 2 is 1.88 bits per heavy atom. The number of halogens is 1. The standard InChI is InChI=1S/C9H14IN3O2S/c1-9(2,16(3,14)15)6-13-8-11-4-7(10)5-12-8/h4-5H,6H2,1-3H3,(H,11,12,13). The number of rotatable bonds is 4. The summed E-state index contributed by atoms with van der Waals surface area (Å²) in [7, 11) is -3.10. The van der Waals surface area contributed by atoms with E-state index in [1.807, 2.05) is 0 Å². The Hall–Kier alpha value is -0.440. The fourth-order valence-corrected chi connectivity index (χ4v) is 1.44. The summed E-state index contributed by atoms with van der Waals surface area (Å²) in [5, 5.41) is 2.91. The minimum atomic E-state index is -3.10. The first-order chi connectivity index (χ1) is 7.22. The highest BCUT2D eigenvalue weighted by Crippen LogP contribution is 2.15. The maximum absolute atomic E-state index is 11.4. The largest absolute Gasteiger partial charge is 0.353 e. The van der Waals surface area contributed by atoms with Gasteiger partial charge in [0, 0.05) is 28.8 Å². The average Bonchev–Trinajstić information content (AvgIpc) is 2.15. The van der Waals surface area contributed by atoms with Gasteiger partial charge in [0.25, 0.3) is 0 Å². The van der Waals surface area contributed by atoms with Crippen molar-refractivity contribution in [2.45, 2.75) is 18.6 Å². The molecule has 5 nitrogen and oxygen atoms in total. The van der Waals surface area contributed by atoms with Gasteiger partial charge in [-0.15, -0.1) is 0 Å². The quantitative estimate of drug-likeness (QED) is 0.825. The molecule has 0 aliphatic carbocycles. The molecule has 0 unspecified atom stereocenters. The molecule has 1 aromatic heterocycles. The third kappa shape index (κ3) is 3.55. The minimum absolute atomic E-state index is 0.284. The molecule has 0 saturated carbocycles. The minimum Gasteiger partial charge on any atom is -0.353 e. The fourth-order valence-electron chi connectivity index (χ4n) is 0.827. The van der Waals surface area contributed by atoms with Crippen LogP contribution >= 0.6 is 22.6 Å². The van der Waals surface area contributed by atoms with E-state index in [9.17, 15) is 8.42 Å². The molecule has 0 amide bonds. The summed E-state index contributed by atoms with van der Waals surface area (Å²) in [5.41, 5.74) is 0. The van der Waals surface area contributed by atoms with Crippen LogP contribution in [0.4, 0.5) is 5.95 Å². The summed E-state index contributed by atoms with van der Waals surface area (Å²) in [5.74, 6) is 0.442. The summed E-state index contributed by atoms with van der Waals surface area (Å²) in [4.78, 5) is 8.08. The number of nitrogens with one attached hydrogen (secondary N) is 1. The zero-order chi connectivity index (χ0) is 12.4. The van der Waals surface area contributed by atoms with Gasteiger partial charge in [-0.3, -0.25) is 0 Å². The van der Waals surface area contributed by atoms with Gasteiger partial charge in [-0.25, -0.2) is 18.4 Å². The van der Waals surface area contributed by atoms with Crippen molar-refractivity contribution in [3.05, 3.63) is 16.0 Å². The summed E-state index contributed by atoms with van der Waals surface area (Å²) >= 11 is 2.11. The normalized spacial score (nSPS) is 12.5. The van der Waals surface area contributed by atoms with Gasteiger partial charge in [0.2, 0.25) is 5.95 Å². The lowest BCUT2D eigenvalue weighted by Crippen LogP contribution is -2.38. The van der Waals surface area contributed by atoms with E-state index in [4.69, 9.17) is 0 Å². The van der Waals surface area contributed by atoms with Gasteiger partial charge in [-0.05, 0) is 36.4 Å². The molecule has 0 radical (unpaired) electrons.